The Bertz CT molecular complexity index is 79.0. The van der Waals surface area contributed by atoms with Gasteiger partial charge in [-0.05, 0) is 12.8 Å². The maximum absolute atomic E-state index is 5.29. The van der Waals surface area contributed by atoms with E-state index in [2.05, 4.69) is 19.2 Å². The molecule has 0 atom stereocenters. The van der Waals surface area contributed by atoms with Gasteiger partial charge in [0.05, 0.1) is 13.5 Å². The third-order valence-electron chi connectivity index (χ3n) is 1.69. The maximum atomic E-state index is 5.29. The second kappa shape index (κ2) is 11.9. The molecule has 0 amide bonds. The van der Waals surface area contributed by atoms with E-state index in [1.165, 1.54) is 12.8 Å². The van der Waals surface area contributed by atoms with Crippen LogP contribution in [0.1, 0.15) is 39.5 Å². The lowest BCUT2D eigenvalue weighted by Gasteiger charge is -2.06. The Morgan fingerprint density at radius 3 is 1.69 bits per heavy atom. The third-order valence-corrected chi connectivity index (χ3v) is 1.69. The Labute approximate surface area is 81.8 Å². The summed E-state index contributed by atoms with van der Waals surface area (Å²) in [5.74, 6) is 0. The molecule has 80 valence electrons. The fourth-order valence-electron chi connectivity index (χ4n) is 0.823. The van der Waals surface area contributed by atoms with Crippen molar-refractivity contribution in [2.24, 2.45) is 0 Å². The fraction of sp³-hybridized carbons (Fsp3) is 1.00. The molecule has 1 N–H and O–H groups in total. The van der Waals surface area contributed by atoms with Gasteiger partial charge in [-0.1, -0.05) is 26.7 Å². The predicted octanol–water partition coefficient (Wildman–Crippen LogP) is 2.12. The molecule has 0 aromatic carbocycles. The Morgan fingerprint density at radius 2 is 1.31 bits per heavy atom. The summed E-state index contributed by atoms with van der Waals surface area (Å²) in [5, 5.41) is 3.06. The first-order valence-electron chi connectivity index (χ1n) is 5.28. The normalized spacial score (nSPS) is 10.6. The van der Waals surface area contributed by atoms with Gasteiger partial charge < -0.3 is 9.47 Å². The van der Waals surface area contributed by atoms with Crippen LogP contribution in [0.15, 0.2) is 0 Å². The van der Waals surface area contributed by atoms with Crippen LogP contribution in [0, 0.1) is 0 Å². The molecule has 0 radical (unpaired) electrons. The van der Waals surface area contributed by atoms with E-state index < -0.39 is 0 Å². The van der Waals surface area contributed by atoms with Crippen molar-refractivity contribution in [3.8, 4) is 0 Å². The van der Waals surface area contributed by atoms with Crippen molar-refractivity contribution in [3.05, 3.63) is 0 Å². The van der Waals surface area contributed by atoms with Crippen molar-refractivity contribution in [1.29, 1.82) is 0 Å². The van der Waals surface area contributed by atoms with E-state index in [0.29, 0.717) is 13.5 Å². The van der Waals surface area contributed by atoms with Gasteiger partial charge >= 0.3 is 0 Å². The highest BCUT2D eigenvalue weighted by Gasteiger charge is 1.87. The smallest absolute Gasteiger partial charge is 0.0982 e. The molecule has 0 aromatic rings. The van der Waals surface area contributed by atoms with Crippen LogP contribution in [-0.4, -0.2) is 26.7 Å². The van der Waals surface area contributed by atoms with Crippen molar-refractivity contribution >= 4 is 0 Å². The zero-order chi connectivity index (χ0) is 9.78. The minimum atomic E-state index is 0.603. The molecule has 3 heteroatoms. The van der Waals surface area contributed by atoms with Gasteiger partial charge in [0.25, 0.3) is 0 Å². The van der Waals surface area contributed by atoms with Crippen LogP contribution in [0.4, 0.5) is 0 Å². The first-order chi connectivity index (χ1) is 6.41. The number of unbranched alkanes of at least 4 members (excludes halogenated alkanes) is 2. The summed E-state index contributed by atoms with van der Waals surface area (Å²) in [5.41, 5.74) is 0. The molecular weight excluding hydrogens is 166 g/mol. The second-order valence-corrected chi connectivity index (χ2v) is 3.06. The molecule has 0 bridgehead atoms. The van der Waals surface area contributed by atoms with Crippen molar-refractivity contribution in [3.63, 3.8) is 0 Å². The molecule has 13 heavy (non-hydrogen) atoms. The van der Waals surface area contributed by atoms with Gasteiger partial charge in [-0.25, -0.2) is 0 Å². The van der Waals surface area contributed by atoms with Crippen LogP contribution >= 0.6 is 0 Å². The Kier molecular flexibility index (Phi) is 11.8. The quantitative estimate of drug-likeness (QED) is 0.422. The van der Waals surface area contributed by atoms with Gasteiger partial charge in [-0.15, -0.1) is 0 Å². The van der Waals surface area contributed by atoms with E-state index in [1.54, 1.807) is 0 Å². The molecule has 0 saturated carbocycles. The number of hydrogen-bond donors (Lipinski definition) is 1. The lowest BCUT2D eigenvalue weighted by molar-refractivity contribution is 0.0573. The largest absolute Gasteiger partial charge is 0.366 e. The molecule has 0 spiro atoms. The molecule has 0 saturated heterocycles. The van der Waals surface area contributed by atoms with E-state index in [0.717, 1.165) is 26.1 Å². The van der Waals surface area contributed by atoms with E-state index in [-0.39, 0.29) is 0 Å². The minimum Gasteiger partial charge on any atom is -0.366 e. The first kappa shape index (κ1) is 12.9. The van der Waals surface area contributed by atoms with E-state index >= 15 is 0 Å². The van der Waals surface area contributed by atoms with Crippen molar-refractivity contribution in [2.75, 3.05) is 26.7 Å². The molecular formula is C10H23NO2. The first-order valence-corrected chi connectivity index (χ1v) is 5.28. The summed E-state index contributed by atoms with van der Waals surface area (Å²) in [6, 6.07) is 0. The van der Waals surface area contributed by atoms with Gasteiger partial charge in [-0.3, -0.25) is 5.32 Å². The molecule has 0 rings (SSSR count). The molecule has 3 nitrogen and oxygen atoms in total. The van der Waals surface area contributed by atoms with Crippen LogP contribution in [0.5, 0.6) is 0 Å². The number of rotatable bonds is 10. The maximum Gasteiger partial charge on any atom is 0.0982 e. The van der Waals surface area contributed by atoms with Crippen LogP contribution in [0.2, 0.25) is 0 Å². The van der Waals surface area contributed by atoms with Gasteiger partial charge in [-0.2, -0.15) is 0 Å². The zero-order valence-electron chi connectivity index (χ0n) is 8.97. The highest BCUT2D eigenvalue weighted by molar-refractivity contribution is 4.33. The standard InChI is InChI=1S/C10H23NO2/c1-3-5-7-12-9-11-10-13-8-6-4-2/h11H,3-10H2,1-2H3. The topological polar surface area (TPSA) is 30.5 Å². The molecule has 0 aromatic heterocycles. The Hall–Kier alpha value is -0.120. The molecule has 0 heterocycles. The average molecular weight is 189 g/mol. The number of nitrogens with one attached hydrogen (secondary N) is 1. The van der Waals surface area contributed by atoms with Crippen molar-refractivity contribution in [1.82, 2.24) is 5.32 Å². The number of ether oxygens (including phenoxy) is 2. The van der Waals surface area contributed by atoms with E-state index in [9.17, 15) is 0 Å². The fourth-order valence-corrected chi connectivity index (χ4v) is 0.823. The Morgan fingerprint density at radius 1 is 0.846 bits per heavy atom. The predicted molar refractivity (Wildman–Crippen MR) is 54.6 cm³/mol. The van der Waals surface area contributed by atoms with Crippen molar-refractivity contribution in [2.45, 2.75) is 39.5 Å². The summed E-state index contributed by atoms with van der Waals surface area (Å²) < 4.78 is 10.6. The average Bonchev–Trinajstić information content (AvgIpc) is 2.16. The lowest BCUT2D eigenvalue weighted by atomic mass is 10.4. The molecule has 0 unspecified atom stereocenters. The van der Waals surface area contributed by atoms with Gasteiger partial charge in [0.2, 0.25) is 0 Å². The second-order valence-electron chi connectivity index (χ2n) is 3.06. The van der Waals surface area contributed by atoms with Crippen LogP contribution in [-0.2, 0) is 9.47 Å². The van der Waals surface area contributed by atoms with Crippen molar-refractivity contribution < 1.29 is 9.47 Å². The van der Waals surface area contributed by atoms with Gasteiger partial charge in [0.15, 0.2) is 0 Å². The third kappa shape index (κ3) is 11.9. The van der Waals surface area contributed by atoms with Crippen LogP contribution in [0.3, 0.4) is 0 Å². The highest BCUT2D eigenvalue weighted by Crippen LogP contribution is 1.87. The van der Waals surface area contributed by atoms with Crippen LogP contribution in [0.25, 0.3) is 0 Å². The summed E-state index contributed by atoms with van der Waals surface area (Å²) in [6.45, 7) is 7.21. The van der Waals surface area contributed by atoms with Crippen LogP contribution < -0.4 is 5.32 Å². The molecule has 0 aliphatic carbocycles. The SMILES string of the molecule is CCCCOCNCOCCCC. The summed E-state index contributed by atoms with van der Waals surface area (Å²) in [6.07, 6.45) is 4.65. The van der Waals surface area contributed by atoms with E-state index in [4.69, 9.17) is 9.47 Å². The monoisotopic (exact) mass is 189 g/mol. The lowest BCUT2D eigenvalue weighted by Crippen LogP contribution is -2.21. The molecule has 0 aliphatic heterocycles. The summed E-state index contributed by atoms with van der Waals surface area (Å²) in [7, 11) is 0. The minimum absolute atomic E-state index is 0.603. The molecule has 0 aliphatic rings. The highest BCUT2D eigenvalue weighted by atomic mass is 16.5. The Balaban J connectivity index is 2.76. The summed E-state index contributed by atoms with van der Waals surface area (Å²) in [4.78, 5) is 0. The van der Waals surface area contributed by atoms with Gasteiger partial charge in [0, 0.05) is 13.2 Å². The van der Waals surface area contributed by atoms with Gasteiger partial charge in [0.1, 0.15) is 0 Å². The van der Waals surface area contributed by atoms with E-state index in [1.807, 2.05) is 0 Å². The number of hydrogen-bond acceptors (Lipinski definition) is 3. The summed E-state index contributed by atoms with van der Waals surface area (Å²) >= 11 is 0. The zero-order valence-corrected chi connectivity index (χ0v) is 8.97. The molecule has 0 fully saturated rings.